The van der Waals surface area contributed by atoms with E-state index in [1.807, 2.05) is 25.1 Å². The second kappa shape index (κ2) is 11.2. The Morgan fingerprint density at radius 1 is 1.07 bits per heavy atom. The molecule has 0 aliphatic heterocycles. The van der Waals surface area contributed by atoms with Crippen LogP contribution in [0.25, 0.3) is 0 Å². The van der Waals surface area contributed by atoms with E-state index in [2.05, 4.69) is 22.4 Å². The number of amides is 2. The fourth-order valence-corrected chi connectivity index (χ4v) is 2.12. The van der Waals surface area contributed by atoms with Gasteiger partial charge in [-0.2, -0.15) is 5.10 Å². The summed E-state index contributed by atoms with van der Waals surface area (Å²) < 4.78 is 11.0. The highest BCUT2D eigenvalue weighted by molar-refractivity contribution is 6.39. The minimum absolute atomic E-state index is 0.388. The van der Waals surface area contributed by atoms with Crippen molar-refractivity contribution in [2.24, 2.45) is 5.10 Å². The molecule has 7 heteroatoms. The van der Waals surface area contributed by atoms with Crippen molar-refractivity contribution < 1.29 is 19.1 Å². The maximum absolute atomic E-state index is 12.0. The minimum atomic E-state index is -0.879. The molecule has 0 radical (unpaired) electrons. The topological polar surface area (TPSA) is 89.0 Å². The van der Waals surface area contributed by atoms with Crippen molar-refractivity contribution in [3.8, 4) is 11.5 Å². The van der Waals surface area contributed by atoms with E-state index in [0.717, 1.165) is 6.42 Å². The van der Waals surface area contributed by atoms with E-state index < -0.39 is 11.8 Å². The third kappa shape index (κ3) is 6.60. The number of anilines is 1. The molecule has 2 aromatic carbocycles. The number of para-hydroxylation sites is 1. The third-order valence-corrected chi connectivity index (χ3v) is 3.44. The van der Waals surface area contributed by atoms with Gasteiger partial charge in [-0.3, -0.25) is 9.59 Å². The number of nitrogens with one attached hydrogen (secondary N) is 2. The Morgan fingerprint density at radius 2 is 1.82 bits per heavy atom. The Bertz CT molecular complexity index is 832. The summed E-state index contributed by atoms with van der Waals surface area (Å²) in [4.78, 5) is 23.9. The lowest BCUT2D eigenvalue weighted by atomic mass is 10.2. The summed E-state index contributed by atoms with van der Waals surface area (Å²) in [5.74, 6) is -0.413. The fourth-order valence-electron chi connectivity index (χ4n) is 2.12. The largest absolute Gasteiger partial charge is 0.493 e. The van der Waals surface area contributed by atoms with Gasteiger partial charge in [-0.1, -0.05) is 31.7 Å². The van der Waals surface area contributed by atoms with Crippen LogP contribution >= 0.6 is 0 Å². The van der Waals surface area contributed by atoms with Gasteiger partial charge in [-0.15, -0.1) is 0 Å². The number of hydrogen-bond acceptors (Lipinski definition) is 5. The van der Waals surface area contributed by atoms with E-state index >= 15 is 0 Å². The molecule has 0 heterocycles. The highest BCUT2D eigenvalue weighted by Gasteiger charge is 2.13. The predicted molar refractivity (Wildman–Crippen MR) is 109 cm³/mol. The van der Waals surface area contributed by atoms with E-state index in [-0.39, 0.29) is 0 Å². The molecule has 0 fully saturated rings. The molecular weight excluding hydrogens is 358 g/mol. The highest BCUT2D eigenvalue weighted by Crippen LogP contribution is 2.16. The van der Waals surface area contributed by atoms with E-state index in [1.54, 1.807) is 36.4 Å². The predicted octanol–water partition coefficient (Wildman–Crippen LogP) is 3.13. The summed E-state index contributed by atoms with van der Waals surface area (Å²) in [6, 6.07) is 13.9. The third-order valence-electron chi connectivity index (χ3n) is 3.44. The molecule has 7 nitrogen and oxygen atoms in total. The smallest absolute Gasteiger partial charge is 0.329 e. The molecule has 0 aliphatic rings. The van der Waals surface area contributed by atoms with E-state index in [9.17, 15) is 9.59 Å². The summed E-state index contributed by atoms with van der Waals surface area (Å²) in [7, 11) is 0. The molecule has 0 unspecified atom stereocenters. The Kier molecular flexibility index (Phi) is 8.26. The van der Waals surface area contributed by atoms with Crippen LogP contribution in [0.15, 0.2) is 66.3 Å². The van der Waals surface area contributed by atoms with Gasteiger partial charge < -0.3 is 14.8 Å². The lowest BCUT2D eigenvalue weighted by Gasteiger charge is -2.07. The zero-order valence-electron chi connectivity index (χ0n) is 15.7. The van der Waals surface area contributed by atoms with Crippen LogP contribution in [0, 0.1) is 0 Å². The van der Waals surface area contributed by atoms with Gasteiger partial charge in [-0.05, 0) is 42.8 Å². The van der Waals surface area contributed by atoms with Crippen molar-refractivity contribution in [3.63, 3.8) is 0 Å². The summed E-state index contributed by atoms with van der Waals surface area (Å²) in [5.41, 5.74) is 3.37. The number of hydrogen-bond donors (Lipinski definition) is 2. The Hall–Kier alpha value is -3.61. The summed E-state index contributed by atoms with van der Waals surface area (Å²) in [5, 5.41) is 6.31. The van der Waals surface area contributed by atoms with Gasteiger partial charge in [-0.25, -0.2) is 5.43 Å². The number of carbonyl (C=O) groups is 2. The molecule has 2 amide bonds. The van der Waals surface area contributed by atoms with Gasteiger partial charge in [0, 0.05) is 11.3 Å². The Morgan fingerprint density at radius 3 is 2.54 bits per heavy atom. The van der Waals surface area contributed by atoms with Crippen LogP contribution in [-0.2, 0) is 9.59 Å². The Labute approximate surface area is 164 Å². The van der Waals surface area contributed by atoms with Gasteiger partial charge in [0.05, 0.1) is 12.8 Å². The van der Waals surface area contributed by atoms with Crippen LogP contribution in [0.5, 0.6) is 11.5 Å². The van der Waals surface area contributed by atoms with Crippen molar-refractivity contribution in [2.75, 3.05) is 18.5 Å². The molecule has 2 rings (SSSR count). The van der Waals surface area contributed by atoms with Crippen molar-refractivity contribution >= 4 is 23.7 Å². The number of benzene rings is 2. The molecule has 0 aromatic heterocycles. The van der Waals surface area contributed by atoms with Crippen molar-refractivity contribution in [2.45, 2.75) is 13.3 Å². The Balaban J connectivity index is 1.88. The van der Waals surface area contributed by atoms with Gasteiger partial charge >= 0.3 is 11.8 Å². The minimum Gasteiger partial charge on any atom is -0.493 e. The normalized spacial score (nSPS) is 10.3. The average Bonchev–Trinajstić information content (AvgIpc) is 2.72. The van der Waals surface area contributed by atoms with Crippen LogP contribution in [0.1, 0.15) is 18.9 Å². The molecule has 0 bridgehead atoms. The molecular formula is C21H23N3O4. The zero-order chi connectivity index (χ0) is 20.2. The maximum Gasteiger partial charge on any atom is 0.329 e. The quantitative estimate of drug-likeness (QED) is 0.302. The van der Waals surface area contributed by atoms with E-state index in [4.69, 9.17) is 9.47 Å². The SMILES string of the molecule is C=CCOc1ccc(NC(=O)C(=O)N/N=C\c2ccccc2OCCC)cc1. The molecule has 2 aromatic rings. The first-order valence-corrected chi connectivity index (χ1v) is 8.84. The molecule has 0 saturated carbocycles. The number of hydrazone groups is 1. The number of rotatable bonds is 9. The van der Waals surface area contributed by atoms with Crippen LogP contribution in [0.2, 0.25) is 0 Å². The lowest BCUT2D eigenvalue weighted by molar-refractivity contribution is -0.136. The van der Waals surface area contributed by atoms with Crippen LogP contribution in [0.3, 0.4) is 0 Å². The molecule has 0 aliphatic carbocycles. The highest BCUT2D eigenvalue weighted by atomic mass is 16.5. The maximum atomic E-state index is 12.0. The van der Waals surface area contributed by atoms with Gasteiger partial charge in [0.25, 0.3) is 0 Å². The number of carbonyl (C=O) groups excluding carboxylic acids is 2. The van der Waals surface area contributed by atoms with Gasteiger partial charge in [0.15, 0.2) is 0 Å². The molecule has 28 heavy (non-hydrogen) atoms. The van der Waals surface area contributed by atoms with Crippen molar-refractivity contribution in [1.29, 1.82) is 0 Å². The zero-order valence-corrected chi connectivity index (χ0v) is 15.7. The summed E-state index contributed by atoms with van der Waals surface area (Å²) in [6.07, 6.45) is 3.94. The monoisotopic (exact) mass is 381 g/mol. The second-order valence-corrected chi connectivity index (χ2v) is 5.66. The summed E-state index contributed by atoms with van der Waals surface area (Å²) >= 11 is 0. The molecule has 2 N–H and O–H groups in total. The van der Waals surface area contributed by atoms with Crippen LogP contribution < -0.4 is 20.2 Å². The van der Waals surface area contributed by atoms with Gasteiger partial charge in [0.1, 0.15) is 18.1 Å². The first kappa shape index (κ1) is 20.7. The number of ether oxygens (including phenoxy) is 2. The molecule has 0 spiro atoms. The average molecular weight is 381 g/mol. The van der Waals surface area contributed by atoms with Crippen molar-refractivity contribution in [1.82, 2.24) is 5.43 Å². The lowest BCUT2D eigenvalue weighted by Crippen LogP contribution is -2.32. The van der Waals surface area contributed by atoms with Crippen LogP contribution in [-0.4, -0.2) is 31.2 Å². The molecule has 0 saturated heterocycles. The van der Waals surface area contributed by atoms with E-state index in [0.29, 0.717) is 36.0 Å². The first-order valence-electron chi connectivity index (χ1n) is 8.84. The van der Waals surface area contributed by atoms with Crippen molar-refractivity contribution in [3.05, 3.63) is 66.7 Å². The summed E-state index contributed by atoms with van der Waals surface area (Å²) in [6.45, 7) is 6.55. The van der Waals surface area contributed by atoms with Gasteiger partial charge in [0.2, 0.25) is 0 Å². The molecule has 0 atom stereocenters. The molecule has 146 valence electrons. The standard InChI is InChI=1S/C21H23N3O4/c1-3-13-27-18-11-9-17(10-12-18)23-20(25)21(26)24-22-15-16-7-5-6-8-19(16)28-14-4-2/h3,5-12,15H,1,4,13-14H2,2H3,(H,23,25)(H,24,26)/b22-15-. The van der Waals surface area contributed by atoms with Crippen LogP contribution in [0.4, 0.5) is 5.69 Å². The second-order valence-electron chi connectivity index (χ2n) is 5.66. The van der Waals surface area contributed by atoms with E-state index in [1.165, 1.54) is 6.21 Å². The number of nitrogens with zero attached hydrogens (tertiary/aromatic N) is 1. The first-order chi connectivity index (χ1) is 13.6. The fraction of sp³-hybridized carbons (Fsp3) is 0.190.